The topological polar surface area (TPSA) is 119 Å². The molecule has 2 aromatic heterocycles. The zero-order valence-corrected chi connectivity index (χ0v) is 15.0. The predicted octanol–water partition coefficient (Wildman–Crippen LogP) is 1.04. The van der Waals surface area contributed by atoms with Crippen molar-refractivity contribution >= 4 is 39.6 Å². The van der Waals surface area contributed by atoms with Crippen LogP contribution in [0.3, 0.4) is 0 Å². The van der Waals surface area contributed by atoms with Crippen LogP contribution in [0.15, 0.2) is 0 Å². The van der Waals surface area contributed by atoms with E-state index < -0.39 is 0 Å². The first kappa shape index (κ1) is 18.4. The van der Waals surface area contributed by atoms with Gasteiger partial charge in [0.05, 0.1) is 6.61 Å². The van der Waals surface area contributed by atoms with Crippen molar-refractivity contribution in [1.29, 1.82) is 0 Å². The number of aromatic nitrogens is 4. The monoisotopic (exact) mass is 370 g/mol. The average molecular weight is 370 g/mol. The number of nitrogens with zero attached hydrogens (tertiary/aromatic N) is 4. The van der Waals surface area contributed by atoms with E-state index in [-0.39, 0.29) is 16.8 Å². The molecule has 130 valence electrons. The molecule has 2 heterocycles. The molecule has 0 bridgehead atoms. The van der Waals surface area contributed by atoms with Crippen molar-refractivity contribution in [3.8, 4) is 0 Å². The zero-order chi connectivity index (χ0) is 17.4. The molecular weight excluding hydrogens is 352 g/mol. The summed E-state index contributed by atoms with van der Waals surface area (Å²) in [5.74, 6) is -0.381. The molecule has 0 aliphatic rings. The van der Waals surface area contributed by atoms with Crippen molar-refractivity contribution in [3.63, 3.8) is 0 Å². The summed E-state index contributed by atoms with van der Waals surface area (Å²) >= 11 is 2.50. The normalized spacial score (nSPS) is 10.6. The Hall–Kier alpha value is -1.98. The van der Waals surface area contributed by atoms with E-state index in [0.717, 1.165) is 10.0 Å². The molecule has 0 saturated heterocycles. The maximum absolute atomic E-state index is 12.0. The lowest BCUT2D eigenvalue weighted by atomic mass is 10.2. The first-order chi connectivity index (χ1) is 11.6. The predicted molar refractivity (Wildman–Crippen MR) is 90.3 cm³/mol. The minimum Gasteiger partial charge on any atom is -0.383 e. The number of anilines is 1. The van der Waals surface area contributed by atoms with Gasteiger partial charge in [0.1, 0.15) is 10.0 Å². The van der Waals surface area contributed by atoms with Crippen molar-refractivity contribution in [2.24, 2.45) is 0 Å². The van der Waals surface area contributed by atoms with Crippen molar-refractivity contribution in [2.75, 3.05) is 25.6 Å². The van der Waals surface area contributed by atoms with Crippen LogP contribution in [-0.2, 0) is 16.0 Å². The van der Waals surface area contributed by atoms with Crippen LogP contribution in [0.5, 0.6) is 0 Å². The van der Waals surface area contributed by atoms with E-state index in [1.165, 1.54) is 22.7 Å². The van der Waals surface area contributed by atoms with Gasteiger partial charge in [0.2, 0.25) is 16.0 Å². The first-order valence-corrected chi connectivity index (χ1v) is 8.91. The van der Waals surface area contributed by atoms with Gasteiger partial charge in [0.25, 0.3) is 5.91 Å². The van der Waals surface area contributed by atoms with E-state index in [1.54, 1.807) is 7.11 Å². The lowest BCUT2D eigenvalue weighted by Gasteiger charge is -2.03. The number of rotatable bonds is 9. The van der Waals surface area contributed by atoms with E-state index in [1.807, 2.05) is 6.92 Å². The number of hydrogen-bond donors (Lipinski definition) is 2. The van der Waals surface area contributed by atoms with Gasteiger partial charge in [-0.25, -0.2) is 0 Å². The third-order valence-electron chi connectivity index (χ3n) is 2.83. The summed E-state index contributed by atoms with van der Waals surface area (Å²) in [5, 5.41) is 23.1. The summed E-state index contributed by atoms with van der Waals surface area (Å²) in [4.78, 5) is 23.6. The highest BCUT2D eigenvalue weighted by Crippen LogP contribution is 2.17. The van der Waals surface area contributed by atoms with Gasteiger partial charge in [-0.05, 0) is 13.3 Å². The molecule has 2 rings (SSSR count). The van der Waals surface area contributed by atoms with E-state index in [9.17, 15) is 9.59 Å². The summed E-state index contributed by atoms with van der Waals surface area (Å²) < 4.78 is 4.86. The second-order valence-electron chi connectivity index (χ2n) is 4.78. The van der Waals surface area contributed by atoms with Crippen molar-refractivity contribution in [2.45, 2.75) is 26.2 Å². The van der Waals surface area contributed by atoms with E-state index in [2.05, 4.69) is 31.0 Å². The Morgan fingerprint density at radius 2 is 2.00 bits per heavy atom. The number of nitrogens with one attached hydrogen (secondary N) is 2. The fraction of sp³-hybridized carbons (Fsp3) is 0.538. The van der Waals surface area contributed by atoms with Crippen LogP contribution in [0.2, 0.25) is 0 Å². The second kappa shape index (κ2) is 9.35. The third-order valence-corrected chi connectivity index (χ3v) is 4.57. The van der Waals surface area contributed by atoms with Gasteiger partial charge in [-0.1, -0.05) is 22.7 Å². The van der Waals surface area contributed by atoms with Crippen LogP contribution >= 0.6 is 22.7 Å². The first-order valence-electron chi connectivity index (χ1n) is 7.28. The molecule has 0 aliphatic heterocycles. The van der Waals surface area contributed by atoms with Crippen molar-refractivity contribution in [3.05, 3.63) is 15.0 Å². The standard InChI is InChI=1S/C13H18N6O3S2/c1-8-16-19-13(23-8)15-11(21)12-18-17-10(24-12)5-3-4-9(20)14-6-7-22-2/h3-7H2,1-2H3,(H,14,20)(H,15,19,21). The van der Waals surface area contributed by atoms with Gasteiger partial charge >= 0.3 is 0 Å². The van der Waals surface area contributed by atoms with Crippen LogP contribution < -0.4 is 10.6 Å². The zero-order valence-electron chi connectivity index (χ0n) is 13.4. The molecule has 0 aromatic carbocycles. The highest BCUT2D eigenvalue weighted by Gasteiger charge is 2.15. The van der Waals surface area contributed by atoms with Gasteiger partial charge in [-0.3, -0.25) is 14.9 Å². The molecule has 0 radical (unpaired) electrons. The fourth-order valence-corrected chi connectivity index (χ4v) is 3.09. The highest BCUT2D eigenvalue weighted by molar-refractivity contribution is 7.15. The smallest absolute Gasteiger partial charge is 0.288 e. The molecule has 24 heavy (non-hydrogen) atoms. The van der Waals surface area contributed by atoms with Crippen LogP contribution in [0.4, 0.5) is 5.13 Å². The lowest BCUT2D eigenvalue weighted by molar-refractivity contribution is -0.121. The Morgan fingerprint density at radius 1 is 1.17 bits per heavy atom. The number of ether oxygens (including phenoxy) is 1. The average Bonchev–Trinajstić information content (AvgIpc) is 3.17. The second-order valence-corrected chi connectivity index (χ2v) is 7.02. The summed E-state index contributed by atoms with van der Waals surface area (Å²) in [6.07, 6.45) is 1.64. The fourth-order valence-electron chi connectivity index (χ4n) is 1.73. The molecular formula is C13H18N6O3S2. The molecule has 2 amide bonds. The van der Waals surface area contributed by atoms with Gasteiger partial charge in [0, 0.05) is 26.5 Å². The number of hydrogen-bond acceptors (Lipinski definition) is 9. The van der Waals surface area contributed by atoms with Crippen LogP contribution in [0, 0.1) is 6.92 Å². The van der Waals surface area contributed by atoms with E-state index >= 15 is 0 Å². The Kier molecular flexibility index (Phi) is 7.15. The molecule has 2 N–H and O–H groups in total. The number of carbonyl (C=O) groups is 2. The molecule has 0 atom stereocenters. The van der Waals surface area contributed by atoms with Gasteiger partial charge in [-0.15, -0.1) is 20.4 Å². The third kappa shape index (κ3) is 5.91. The molecule has 0 fully saturated rings. The van der Waals surface area contributed by atoms with Crippen LogP contribution in [0.1, 0.15) is 32.7 Å². The van der Waals surface area contributed by atoms with Crippen molar-refractivity contribution in [1.82, 2.24) is 25.7 Å². The Bertz CT molecular complexity index is 687. The summed E-state index contributed by atoms with van der Waals surface area (Å²) in [5.41, 5.74) is 0. The Labute approximate surface area is 146 Å². The summed E-state index contributed by atoms with van der Waals surface area (Å²) in [7, 11) is 1.58. The molecule has 9 nitrogen and oxygen atoms in total. The Balaban J connectivity index is 1.74. The number of methoxy groups -OCH3 is 1. The SMILES string of the molecule is COCCNC(=O)CCCc1nnc(C(=O)Nc2nnc(C)s2)s1. The maximum Gasteiger partial charge on any atom is 0.288 e. The molecule has 2 aromatic rings. The number of aryl methyl sites for hydroxylation is 2. The van der Waals surface area contributed by atoms with Crippen molar-refractivity contribution < 1.29 is 14.3 Å². The lowest BCUT2D eigenvalue weighted by Crippen LogP contribution is -2.26. The number of carbonyl (C=O) groups excluding carboxylic acids is 2. The quantitative estimate of drug-likeness (QED) is 0.633. The van der Waals surface area contributed by atoms with Gasteiger partial charge in [0.15, 0.2) is 0 Å². The molecule has 0 aliphatic carbocycles. The maximum atomic E-state index is 12.0. The minimum atomic E-state index is -0.354. The van der Waals surface area contributed by atoms with Gasteiger partial charge < -0.3 is 10.1 Å². The molecule has 0 saturated carbocycles. The Morgan fingerprint density at radius 3 is 2.71 bits per heavy atom. The van der Waals surface area contributed by atoms with Crippen LogP contribution in [0.25, 0.3) is 0 Å². The van der Waals surface area contributed by atoms with E-state index in [0.29, 0.717) is 37.5 Å². The summed E-state index contributed by atoms with van der Waals surface area (Å²) in [6, 6.07) is 0. The molecule has 0 spiro atoms. The number of amides is 2. The minimum absolute atomic E-state index is 0.0267. The van der Waals surface area contributed by atoms with E-state index in [4.69, 9.17) is 4.74 Å². The summed E-state index contributed by atoms with van der Waals surface area (Å²) in [6.45, 7) is 2.81. The highest BCUT2D eigenvalue weighted by atomic mass is 32.1. The molecule has 11 heteroatoms. The van der Waals surface area contributed by atoms with Crippen LogP contribution in [-0.4, -0.2) is 52.5 Å². The van der Waals surface area contributed by atoms with Gasteiger partial charge in [-0.2, -0.15) is 0 Å². The largest absolute Gasteiger partial charge is 0.383 e. The molecule has 0 unspecified atom stereocenters.